The average molecular weight is 225 g/mol. The van der Waals surface area contributed by atoms with Gasteiger partial charge in [0.15, 0.2) is 6.29 Å². The first-order chi connectivity index (χ1) is 7.33. The second-order valence-electron chi connectivity index (χ2n) is 5.67. The predicted molar refractivity (Wildman–Crippen MR) is 59.3 cm³/mol. The summed E-state index contributed by atoms with van der Waals surface area (Å²) in [7, 11) is 0. The Hall–Kier alpha value is -0.870. The molecule has 2 aliphatic rings. The minimum absolute atomic E-state index is 0.0383. The summed E-state index contributed by atoms with van der Waals surface area (Å²) in [6.07, 6.45) is 1.35. The Morgan fingerprint density at radius 2 is 2.25 bits per heavy atom. The third-order valence-corrected chi connectivity index (χ3v) is 3.47. The van der Waals surface area contributed by atoms with Crippen LogP contribution in [0.4, 0.5) is 0 Å². The van der Waals surface area contributed by atoms with Crippen LogP contribution in [0.3, 0.4) is 0 Å². The van der Waals surface area contributed by atoms with Crippen LogP contribution in [0.5, 0.6) is 0 Å². The highest BCUT2D eigenvalue weighted by atomic mass is 16.6. The summed E-state index contributed by atoms with van der Waals surface area (Å²) in [5.41, 5.74) is -0.930. The first-order valence-electron chi connectivity index (χ1n) is 5.62. The molecule has 4 nitrogen and oxygen atoms in total. The summed E-state index contributed by atoms with van der Waals surface area (Å²) in [6.45, 7) is 9.73. The average Bonchev–Trinajstić information content (AvgIpc) is 2.65. The van der Waals surface area contributed by atoms with Crippen molar-refractivity contribution in [3.05, 3.63) is 12.7 Å². The minimum Gasteiger partial charge on any atom is -0.366 e. The first kappa shape index (κ1) is 11.6. The lowest BCUT2D eigenvalue weighted by molar-refractivity contribution is -0.153. The van der Waals surface area contributed by atoms with Gasteiger partial charge in [0.25, 0.3) is 0 Å². The maximum atomic E-state index is 11.9. The van der Waals surface area contributed by atoms with E-state index in [1.807, 2.05) is 20.8 Å². The van der Waals surface area contributed by atoms with Gasteiger partial charge in [-0.3, -0.25) is 4.79 Å². The SMILES string of the molecule is C=C[C@@]12CCC(=O)N1[C@@H](C(C)(C)C)OC2O. The minimum atomic E-state index is -0.958. The predicted octanol–water partition coefficient (Wildman–Crippen LogP) is 1.25. The molecule has 0 aliphatic carbocycles. The van der Waals surface area contributed by atoms with Gasteiger partial charge < -0.3 is 14.7 Å². The van der Waals surface area contributed by atoms with Crippen molar-refractivity contribution in [2.75, 3.05) is 0 Å². The molecule has 2 saturated heterocycles. The van der Waals surface area contributed by atoms with Crippen molar-refractivity contribution in [2.45, 2.75) is 51.7 Å². The lowest BCUT2D eigenvalue weighted by atomic mass is 9.91. The zero-order valence-corrected chi connectivity index (χ0v) is 10.1. The van der Waals surface area contributed by atoms with Crippen LogP contribution in [0.15, 0.2) is 12.7 Å². The zero-order valence-electron chi connectivity index (χ0n) is 10.1. The molecule has 2 rings (SSSR count). The van der Waals surface area contributed by atoms with Crippen LogP contribution in [0, 0.1) is 5.41 Å². The van der Waals surface area contributed by atoms with E-state index < -0.39 is 11.8 Å². The Morgan fingerprint density at radius 1 is 1.62 bits per heavy atom. The topological polar surface area (TPSA) is 49.8 Å². The monoisotopic (exact) mass is 225 g/mol. The number of fused-ring (bicyclic) bond motifs is 1. The number of aliphatic hydroxyl groups excluding tert-OH is 1. The van der Waals surface area contributed by atoms with E-state index in [4.69, 9.17) is 4.74 Å². The van der Waals surface area contributed by atoms with Gasteiger partial charge >= 0.3 is 0 Å². The fraction of sp³-hybridized carbons (Fsp3) is 0.750. The normalized spacial score (nSPS) is 39.0. The highest BCUT2D eigenvalue weighted by Gasteiger charge is 2.60. The van der Waals surface area contributed by atoms with Gasteiger partial charge in [-0.15, -0.1) is 6.58 Å². The Bertz CT molecular complexity index is 334. The number of carbonyl (C=O) groups excluding carboxylic acids is 1. The first-order valence-corrected chi connectivity index (χ1v) is 5.62. The van der Waals surface area contributed by atoms with E-state index in [-0.39, 0.29) is 17.6 Å². The van der Waals surface area contributed by atoms with Crippen molar-refractivity contribution in [3.63, 3.8) is 0 Å². The van der Waals surface area contributed by atoms with Crippen LogP contribution in [-0.4, -0.2) is 34.0 Å². The molecule has 0 aromatic heterocycles. The molecule has 1 amide bonds. The van der Waals surface area contributed by atoms with E-state index >= 15 is 0 Å². The maximum Gasteiger partial charge on any atom is 0.225 e. The standard InChI is InChI=1S/C12H19NO3/c1-5-12-7-6-8(14)13(12)9(11(2,3)4)16-10(12)15/h5,9-10,15H,1,6-7H2,2-4H3/t9-,10?,12+/m1/s1. The van der Waals surface area contributed by atoms with E-state index in [1.54, 1.807) is 11.0 Å². The molecule has 1 unspecified atom stereocenters. The summed E-state index contributed by atoms with van der Waals surface area (Å²) in [5.74, 6) is 0.0383. The van der Waals surface area contributed by atoms with Crippen LogP contribution in [0.1, 0.15) is 33.6 Å². The molecule has 0 aromatic rings. The van der Waals surface area contributed by atoms with E-state index in [9.17, 15) is 9.90 Å². The Labute approximate surface area is 95.9 Å². The molecule has 16 heavy (non-hydrogen) atoms. The largest absolute Gasteiger partial charge is 0.366 e. The number of nitrogens with zero attached hydrogens (tertiary/aromatic N) is 1. The highest BCUT2D eigenvalue weighted by molar-refractivity contribution is 5.81. The van der Waals surface area contributed by atoms with Crippen LogP contribution in [0.2, 0.25) is 0 Å². The molecule has 2 fully saturated rings. The van der Waals surface area contributed by atoms with Gasteiger partial charge in [-0.05, 0) is 6.42 Å². The second kappa shape index (κ2) is 3.31. The number of ether oxygens (including phenoxy) is 1. The Balaban J connectivity index is 2.42. The summed E-state index contributed by atoms with van der Waals surface area (Å²) < 4.78 is 5.55. The van der Waals surface area contributed by atoms with Crippen molar-refractivity contribution in [1.29, 1.82) is 0 Å². The smallest absolute Gasteiger partial charge is 0.225 e. The van der Waals surface area contributed by atoms with E-state index in [0.29, 0.717) is 12.8 Å². The Morgan fingerprint density at radius 3 is 2.75 bits per heavy atom. The van der Waals surface area contributed by atoms with Gasteiger partial charge in [0.05, 0.1) is 0 Å². The second-order valence-corrected chi connectivity index (χ2v) is 5.67. The number of hydrogen-bond acceptors (Lipinski definition) is 3. The molecule has 0 saturated carbocycles. The molecular formula is C12H19NO3. The number of carbonyl (C=O) groups is 1. The van der Waals surface area contributed by atoms with Crippen molar-refractivity contribution >= 4 is 5.91 Å². The number of hydrogen-bond donors (Lipinski definition) is 1. The number of rotatable bonds is 1. The molecule has 2 heterocycles. The molecule has 0 bridgehead atoms. The molecular weight excluding hydrogens is 206 g/mol. The van der Waals surface area contributed by atoms with Crippen molar-refractivity contribution in [3.8, 4) is 0 Å². The van der Waals surface area contributed by atoms with Gasteiger partial charge in [-0.25, -0.2) is 0 Å². The van der Waals surface area contributed by atoms with Crippen LogP contribution >= 0.6 is 0 Å². The third kappa shape index (κ3) is 1.33. The molecule has 3 atom stereocenters. The molecule has 0 aromatic carbocycles. The van der Waals surface area contributed by atoms with Gasteiger partial charge in [0.2, 0.25) is 5.91 Å². The van der Waals surface area contributed by atoms with E-state index in [2.05, 4.69) is 6.58 Å². The molecule has 4 heteroatoms. The maximum absolute atomic E-state index is 11.9. The highest BCUT2D eigenvalue weighted by Crippen LogP contribution is 2.47. The summed E-state index contributed by atoms with van der Waals surface area (Å²) in [4.78, 5) is 13.6. The molecule has 0 spiro atoms. The van der Waals surface area contributed by atoms with Gasteiger partial charge in [0, 0.05) is 11.8 Å². The molecule has 2 aliphatic heterocycles. The summed E-state index contributed by atoms with van der Waals surface area (Å²) >= 11 is 0. The van der Waals surface area contributed by atoms with Crippen molar-refractivity contribution < 1.29 is 14.6 Å². The van der Waals surface area contributed by atoms with Crippen molar-refractivity contribution in [1.82, 2.24) is 4.90 Å². The van der Waals surface area contributed by atoms with E-state index in [1.165, 1.54) is 0 Å². The molecule has 0 radical (unpaired) electrons. The van der Waals surface area contributed by atoms with Crippen LogP contribution in [0.25, 0.3) is 0 Å². The quantitative estimate of drug-likeness (QED) is 0.683. The van der Waals surface area contributed by atoms with Gasteiger partial charge in [0.1, 0.15) is 11.8 Å². The third-order valence-electron chi connectivity index (χ3n) is 3.47. The lowest BCUT2D eigenvalue weighted by Crippen LogP contribution is -2.50. The lowest BCUT2D eigenvalue weighted by Gasteiger charge is -2.36. The molecule has 90 valence electrons. The van der Waals surface area contributed by atoms with Crippen LogP contribution in [-0.2, 0) is 9.53 Å². The fourth-order valence-corrected chi connectivity index (χ4v) is 2.57. The van der Waals surface area contributed by atoms with Gasteiger partial charge in [-0.1, -0.05) is 26.8 Å². The van der Waals surface area contributed by atoms with Gasteiger partial charge in [-0.2, -0.15) is 0 Å². The summed E-state index contributed by atoms with van der Waals surface area (Å²) in [5, 5.41) is 10.0. The van der Waals surface area contributed by atoms with Crippen LogP contribution < -0.4 is 0 Å². The van der Waals surface area contributed by atoms with Crippen molar-refractivity contribution in [2.24, 2.45) is 5.41 Å². The fourth-order valence-electron chi connectivity index (χ4n) is 2.57. The Kier molecular flexibility index (Phi) is 2.40. The zero-order chi connectivity index (χ0) is 12.1. The summed E-state index contributed by atoms with van der Waals surface area (Å²) in [6, 6.07) is 0. The number of aliphatic hydroxyl groups is 1. The molecule has 1 N–H and O–H groups in total. The van der Waals surface area contributed by atoms with E-state index in [0.717, 1.165) is 0 Å². The number of amides is 1.